The van der Waals surface area contributed by atoms with E-state index >= 15 is 0 Å². The lowest BCUT2D eigenvalue weighted by molar-refractivity contribution is -0.126. The fourth-order valence-corrected chi connectivity index (χ4v) is 1.97. The summed E-state index contributed by atoms with van der Waals surface area (Å²) in [6.45, 7) is 4.70. The first-order chi connectivity index (χ1) is 7.63. The number of nitrogens with one attached hydrogen (secondary N) is 1. The number of thiazole rings is 1. The molecule has 0 saturated heterocycles. The van der Waals surface area contributed by atoms with E-state index in [-0.39, 0.29) is 18.6 Å². The van der Waals surface area contributed by atoms with E-state index in [0.29, 0.717) is 13.2 Å². The largest absolute Gasteiger partial charge is 0.370 e. The minimum absolute atomic E-state index is 0.0475. The number of nitrogens with two attached hydrogens (primary N) is 1. The molecule has 0 aliphatic carbocycles. The molecule has 0 aliphatic rings. The Bertz CT molecular complexity index is 341. The maximum atomic E-state index is 11.4. The van der Waals surface area contributed by atoms with E-state index in [1.807, 2.05) is 19.2 Å². The van der Waals surface area contributed by atoms with Crippen LogP contribution in [0.1, 0.15) is 23.7 Å². The van der Waals surface area contributed by atoms with Crippen LogP contribution in [-0.2, 0) is 9.53 Å². The topological polar surface area (TPSA) is 77.2 Å². The van der Waals surface area contributed by atoms with Gasteiger partial charge in [0.1, 0.15) is 11.6 Å². The van der Waals surface area contributed by atoms with E-state index in [4.69, 9.17) is 10.5 Å². The third-order valence-corrected chi connectivity index (χ3v) is 3.03. The first kappa shape index (κ1) is 13.1. The number of nitrogens with zero attached hydrogens (tertiary/aromatic N) is 1. The second-order valence-corrected chi connectivity index (χ2v) is 4.35. The zero-order valence-electron chi connectivity index (χ0n) is 9.53. The van der Waals surface area contributed by atoms with Gasteiger partial charge in [-0.3, -0.25) is 4.79 Å². The highest BCUT2D eigenvalue weighted by atomic mass is 32.1. The molecule has 1 atom stereocenters. The highest BCUT2D eigenvalue weighted by molar-refractivity contribution is 7.09. The quantitative estimate of drug-likeness (QED) is 0.717. The number of hydrogen-bond acceptors (Lipinski definition) is 5. The second-order valence-electron chi connectivity index (χ2n) is 3.46. The van der Waals surface area contributed by atoms with Crippen LogP contribution in [0.15, 0.2) is 5.38 Å². The molecule has 5 nitrogen and oxygen atoms in total. The zero-order chi connectivity index (χ0) is 12.0. The van der Waals surface area contributed by atoms with E-state index in [9.17, 15) is 4.79 Å². The van der Waals surface area contributed by atoms with E-state index in [2.05, 4.69) is 10.3 Å². The summed E-state index contributed by atoms with van der Waals surface area (Å²) in [4.78, 5) is 15.7. The standard InChI is InChI=1S/C10H17N3O2S/c1-7-6-16-10(12-7)8(2)13-9(14)5-15-4-3-11/h6,8H,3-5,11H2,1-2H3,(H,13,14). The molecule has 90 valence electrons. The fraction of sp³-hybridized carbons (Fsp3) is 0.600. The van der Waals surface area contributed by atoms with Crippen LogP contribution in [0.5, 0.6) is 0 Å². The summed E-state index contributed by atoms with van der Waals surface area (Å²) in [7, 11) is 0. The van der Waals surface area contributed by atoms with Crippen LogP contribution >= 0.6 is 11.3 Å². The predicted molar refractivity (Wildman–Crippen MR) is 63.3 cm³/mol. The Labute approximate surface area is 99.0 Å². The minimum Gasteiger partial charge on any atom is -0.370 e. The van der Waals surface area contributed by atoms with Gasteiger partial charge in [0.15, 0.2) is 0 Å². The van der Waals surface area contributed by atoms with Gasteiger partial charge in [-0.2, -0.15) is 0 Å². The van der Waals surface area contributed by atoms with Crippen molar-refractivity contribution in [2.75, 3.05) is 19.8 Å². The predicted octanol–water partition coefficient (Wildman–Crippen LogP) is 0.604. The molecule has 1 amide bonds. The van der Waals surface area contributed by atoms with Gasteiger partial charge in [0, 0.05) is 17.6 Å². The summed E-state index contributed by atoms with van der Waals surface area (Å²) in [5.74, 6) is -0.145. The molecule has 0 fully saturated rings. The van der Waals surface area contributed by atoms with Crippen LogP contribution in [0.3, 0.4) is 0 Å². The smallest absolute Gasteiger partial charge is 0.246 e. The number of carbonyl (C=O) groups is 1. The van der Waals surface area contributed by atoms with E-state index in [0.717, 1.165) is 10.7 Å². The molecule has 1 aromatic rings. The number of amides is 1. The van der Waals surface area contributed by atoms with Crippen molar-refractivity contribution in [2.45, 2.75) is 19.9 Å². The fourth-order valence-electron chi connectivity index (χ4n) is 1.16. The molecule has 6 heteroatoms. The van der Waals surface area contributed by atoms with Gasteiger partial charge < -0.3 is 15.8 Å². The first-order valence-corrected chi connectivity index (χ1v) is 6.00. The van der Waals surface area contributed by atoms with Gasteiger partial charge in [-0.15, -0.1) is 11.3 Å². The highest BCUT2D eigenvalue weighted by Gasteiger charge is 2.12. The lowest BCUT2D eigenvalue weighted by Gasteiger charge is -2.11. The van der Waals surface area contributed by atoms with Gasteiger partial charge in [-0.25, -0.2) is 4.98 Å². The lowest BCUT2D eigenvalue weighted by atomic mass is 10.3. The van der Waals surface area contributed by atoms with Gasteiger partial charge in [0.25, 0.3) is 0 Å². The van der Waals surface area contributed by atoms with E-state index < -0.39 is 0 Å². The van der Waals surface area contributed by atoms with Crippen LogP contribution in [-0.4, -0.2) is 30.6 Å². The van der Waals surface area contributed by atoms with Gasteiger partial charge in [-0.05, 0) is 13.8 Å². The third-order valence-electron chi connectivity index (χ3n) is 1.88. The molecule has 16 heavy (non-hydrogen) atoms. The Morgan fingerprint density at radius 1 is 1.75 bits per heavy atom. The maximum Gasteiger partial charge on any atom is 0.246 e. The van der Waals surface area contributed by atoms with Crippen molar-refractivity contribution < 1.29 is 9.53 Å². The summed E-state index contributed by atoms with van der Waals surface area (Å²) in [5.41, 5.74) is 6.22. The molecule has 0 aromatic carbocycles. The van der Waals surface area contributed by atoms with E-state index in [1.54, 1.807) is 11.3 Å². The monoisotopic (exact) mass is 243 g/mol. The molecule has 1 heterocycles. The molecule has 0 aliphatic heterocycles. The van der Waals surface area contributed by atoms with Crippen molar-refractivity contribution in [3.8, 4) is 0 Å². The Morgan fingerprint density at radius 2 is 2.50 bits per heavy atom. The van der Waals surface area contributed by atoms with Crippen LogP contribution in [0, 0.1) is 6.92 Å². The Balaban J connectivity index is 2.33. The van der Waals surface area contributed by atoms with Crippen molar-refractivity contribution in [3.05, 3.63) is 16.1 Å². The van der Waals surface area contributed by atoms with Gasteiger partial charge in [0.05, 0.1) is 12.6 Å². The van der Waals surface area contributed by atoms with Crippen molar-refractivity contribution in [1.29, 1.82) is 0 Å². The highest BCUT2D eigenvalue weighted by Crippen LogP contribution is 2.16. The van der Waals surface area contributed by atoms with Crippen molar-refractivity contribution >= 4 is 17.2 Å². The lowest BCUT2D eigenvalue weighted by Crippen LogP contribution is -2.30. The van der Waals surface area contributed by atoms with Gasteiger partial charge in [0.2, 0.25) is 5.91 Å². The molecule has 0 saturated carbocycles. The average molecular weight is 243 g/mol. The molecule has 1 unspecified atom stereocenters. The Hall–Kier alpha value is -0.980. The van der Waals surface area contributed by atoms with Crippen LogP contribution in [0.25, 0.3) is 0 Å². The summed E-state index contributed by atoms with van der Waals surface area (Å²) in [5, 5.41) is 5.68. The van der Waals surface area contributed by atoms with Crippen LogP contribution in [0.2, 0.25) is 0 Å². The molecule has 1 rings (SSSR count). The number of hydrogen-bond donors (Lipinski definition) is 2. The van der Waals surface area contributed by atoms with Crippen molar-refractivity contribution in [2.24, 2.45) is 5.73 Å². The molecular weight excluding hydrogens is 226 g/mol. The van der Waals surface area contributed by atoms with Crippen molar-refractivity contribution in [1.82, 2.24) is 10.3 Å². The van der Waals surface area contributed by atoms with Gasteiger partial charge >= 0.3 is 0 Å². The Morgan fingerprint density at radius 3 is 3.06 bits per heavy atom. The summed E-state index contributed by atoms with van der Waals surface area (Å²) in [6.07, 6.45) is 0. The zero-order valence-corrected chi connectivity index (χ0v) is 10.3. The molecule has 0 radical (unpaired) electrons. The number of carbonyl (C=O) groups excluding carboxylic acids is 1. The third kappa shape index (κ3) is 4.26. The molecule has 1 aromatic heterocycles. The molecule has 3 N–H and O–H groups in total. The molecule has 0 bridgehead atoms. The second kappa shape index (κ2) is 6.57. The first-order valence-electron chi connectivity index (χ1n) is 5.12. The van der Waals surface area contributed by atoms with Gasteiger partial charge in [-0.1, -0.05) is 0 Å². The average Bonchev–Trinajstić information content (AvgIpc) is 2.65. The molecule has 0 spiro atoms. The number of aromatic nitrogens is 1. The maximum absolute atomic E-state index is 11.4. The van der Waals surface area contributed by atoms with Crippen LogP contribution < -0.4 is 11.1 Å². The number of ether oxygens (including phenoxy) is 1. The number of rotatable bonds is 6. The summed E-state index contributed by atoms with van der Waals surface area (Å²) < 4.78 is 5.03. The van der Waals surface area contributed by atoms with E-state index in [1.165, 1.54) is 0 Å². The number of aryl methyl sites for hydroxylation is 1. The minimum atomic E-state index is -0.145. The molecular formula is C10H17N3O2S. The SMILES string of the molecule is Cc1csc(C(C)NC(=O)COCCN)n1. The Kier molecular flexibility index (Phi) is 5.37. The summed E-state index contributed by atoms with van der Waals surface area (Å²) >= 11 is 1.54. The van der Waals surface area contributed by atoms with Crippen molar-refractivity contribution in [3.63, 3.8) is 0 Å². The summed E-state index contributed by atoms with van der Waals surface area (Å²) in [6, 6.07) is -0.0762. The normalized spacial score (nSPS) is 12.4. The van der Waals surface area contributed by atoms with Crippen LogP contribution in [0.4, 0.5) is 0 Å².